The highest BCUT2D eigenvalue weighted by atomic mass is 35.5. The zero-order valence-corrected chi connectivity index (χ0v) is 25.5. The largest absolute Gasteiger partial charge is 0.492 e. The zero-order chi connectivity index (χ0) is 30.6. The van der Waals surface area contributed by atoms with Crippen LogP contribution in [0.1, 0.15) is 71.5 Å². The molecule has 1 aliphatic heterocycles. The monoisotopic (exact) mass is 599 g/mol. The first-order valence-corrected chi connectivity index (χ1v) is 14.9. The minimum Gasteiger partial charge on any atom is -0.492 e. The number of nitrogens with one attached hydrogen (secondary N) is 2. The zero-order valence-electron chi connectivity index (χ0n) is 24.8. The number of nitrogens with two attached hydrogens (primary N) is 1. The number of benzene rings is 3. The molecule has 9 heteroatoms. The van der Waals surface area contributed by atoms with Crippen molar-refractivity contribution in [2.24, 2.45) is 5.73 Å². The van der Waals surface area contributed by atoms with Gasteiger partial charge in [-0.05, 0) is 40.3 Å². The Morgan fingerprint density at radius 1 is 1.07 bits per heavy atom. The number of hydrogen-bond donors (Lipinski definition) is 3. The number of nitrogens with zero attached hydrogens (tertiary/aromatic N) is 2. The third kappa shape index (κ3) is 7.45. The molecule has 0 spiro atoms. The molecule has 2 amide bonds. The molecule has 2 heterocycles. The van der Waals surface area contributed by atoms with Crippen LogP contribution in [-0.2, 0) is 29.7 Å². The van der Waals surface area contributed by atoms with E-state index in [-0.39, 0.29) is 17.9 Å². The molecule has 0 saturated carbocycles. The van der Waals surface area contributed by atoms with E-state index in [1.165, 1.54) is 11.1 Å². The van der Waals surface area contributed by atoms with Crippen molar-refractivity contribution in [1.82, 2.24) is 20.2 Å². The van der Waals surface area contributed by atoms with Crippen LogP contribution in [0.4, 0.5) is 0 Å². The number of aromatic nitrogens is 2. The lowest BCUT2D eigenvalue weighted by Crippen LogP contribution is -2.46. The second kappa shape index (κ2) is 13.0. The third-order valence-electron chi connectivity index (χ3n) is 7.82. The second-order valence-corrected chi connectivity index (χ2v) is 12.4. The molecule has 1 aliphatic rings. The lowest BCUT2D eigenvalue weighted by atomic mass is 9.87. The lowest BCUT2D eigenvalue weighted by molar-refractivity contribution is -0.119. The summed E-state index contributed by atoms with van der Waals surface area (Å²) < 4.78 is 8.15. The Kier molecular flexibility index (Phi) is 9.18. The number of carbonyl (C=O) groups excluding carboxylic acids is 2. The number of hydrogen-bond acceptors (Lipinski definition) is 5. The van der Waals surface area contributed by atoms with Gasteiger partial charge in [0.05, 0.1) is 24.2 Å². The van der Waals surface area contributed by atoms with Gasteiger partial charge in [-0.1, -0.05) is 80.9 Å². The Bertz CT molecular complexity index is 1580. The minimum atomic E-state index is -0.882. The number of rotatable bonds is 10. The first kappa shape index (κ1) is 30.3. The molecule has 0 saturated heterocycles. The van der Waals surface area contributed by atoms with E-state index in [0.29, 0.717) is 29.5 Å². The topological polar surface area (TPSA) is 111 Å². The fourth-order valence-electron chi connectivity index (χ4n) is 5.30. The molecule has 0 aliphatic carbocycles. The molecule has 0 bridgehead atoms. The highest BCUT2D eigenvalue weighted by molar-refractivity contribution is 6.30. The van der Waals surface area contributed by atoms with Crippen molar-refractivity contribution in [2.75, 3.05) is 6.61 Å². The number of imidazole rings is 1. The van der Waals surface area contributed by atoms with Crippen molar-refractivity contribution in [3.05, 3.63) is 118 Å². The summed E-state index contributed by atoms with van der Waals surface area (Å²) in [6.45, 7) is 8.43. The van der Waals surface area contributed by atoms with Gasteiger partial charge >= 0.3 is 0 Å². The van der Waals surface area contributed by atoms with Gasteiger partial charge in [-0.2, -0.15) is 0 Å². The van der Waals surface area contributed by atoms with E-state index >= 15 is 0 Å². The molecule has 2 atom stereocenters. The number of fused-ring (bicyclic) bond motifs is 1. The van der Waals surface area contributed by atoms with Crippen LogP contribution in [-0.4, -0.2) is 34.0 Å². The van der Waals surface area contributed by atoms with Crippen LogP contribution in [0.15, 0.2) is 79.3 Å². The fourth-order valence-corrected chi connectivity index (χ4v) is 5.43. The summed E-state index contributed by atoms with van der Waals surface area (Å²) in [4.78, 5) is 30.0. The van der Waals surface area contributed by atoms with Crippen LogP contribution in [0.2, 0.25) is 5.02 Å². The van der Waals surface area contributed by atoms with Crippen molar-refractivity contribution in [1.29, 1.82) is 0 Å². The molecule has 43 heavy (non-hydrogen) atoms. The highest BCUT2D eigenvalue weighted by Gasteiger charge is 2.28. The molecule has 4 N–H and O–H groups in total. The van der Waals surface area contributed by atoms with Crippen LogP contribution >= 0.6 is 11.6 Å². The number of para-hydroxylation sites is 1. The molecule has 5 rings (SSSR count). The average molecular weight is 600 g/mol. The minimum absolute atomic E-state index is 0.0214. The van der Waals surface area contributed by atoms with Crippen molar-refractivity contribution in [3.8, 4) is 5.75 Å². The summed E-state index contributed by atoms with van der Waals surface area (Å²) in [7, 11) is 0. The summed E-state index contributed by atoms with van der Waals surface area (Å²) in [5.74, 6) is -0.507. The van der Waals surface area contributed by atoms with Crippen molar-refractivity contribution in [2.45, 2.75) is 64.2 Å². The van der Waals surface area contributed by atoms with Gasteiger partial charge in [-0.15, -0.1) is 0 Å². The Morgan fingerprint density at radius 2 is 1.79 bits per heavy atom. The van der Waals surface area contributed by atoms with E-state index in [1.807, 2.05) is 36.8 Å². The number of primary amides is 1. The average Bonchev–Trinajstić information content (AvgIpc) is 3.42. The van der Waals surface area contributed by atoms with Gasteiger partial charge in [0, 0.05) is 48.8 Å². The molecular formula is C34H38ClN5O3. The molecular weight excluding hydrogens is 562 g/mol. The Hall–Kier alpha value is -4.14. The SMILES string of the molecule is CC(C)(C)c1ccc(Cn2cncc2CNC2CCOc3c(C(=O)NC(Cc4ccc(Cl)cc4)C(N)=O)cccc32)cc1. The van der Waals surface area contributed by atoms with Crippen LogP contribution in [0.25, 0.3) is 0 Å². The standard InChI is InChI=1S/C34H38ClN5O3/c1-34(2,3)24-11-7-23(8-12-24)20-40-21-37-18-26(40)19-38-29-15-16-43-31-27(29)5-4-6-28(31)33(42)39-30(32(36)41)17-22-9-13-25(35)14-10-22/h4-14,18,21,29-30,38H,15-17,19-20H2,1-3H3,(H2,36,41)(H,39,42). The molecule has 4 aromatic rings. The highest BCUT2D eigenvalue weighted by Crippen LogP contribution is 2.35. The second-order valence-electron chi connectivity index (χ2n) is 12.0. The predicted octanol–water partition coefficient (Wildman–Crippen LogP) is 5.32. The molecule has 2 unspecified atom stereocenters. The van der Waals surface area contributed by atoms with Gasteiger partial charge in [0.2, 0.25) is 5.91 Å². The van der Waals surface area contributed by atoms with E-state index in [0.717, 1.165) is 29.8 Å². The van der Waals surface area contributed by atoms with Crippen LogP contribution < -0.4 is 21.1 Å². The summed E-state index contributed by atoms with van der Waals surface area (Å²) in [6, 6.07) is 20.4. The van der Waals surface area contributed by atoms with E-state index < -0.39 is 17.9 Å². The fraction of sp³-hybridized carbons (Fsp3) is 0.324. The van der Waals surface area contributed by atoms with Crippen molar-refractivity contribution >= 4 is 23.4 Å². The Labute approximate surface area is 257 Å². The third-order valence-corrected chi connectivity index (χ3v) is 8.07. The molecule has 8 nitrogen and oxygen atoms in total. The van der Waals surface area contributed by atoms with E-state index in [1.54, 1.807) is 18.2 Å². The maximum Gasteiger partial charge on any atom is 0.255 e. The normalized spacial score (nSPS) is 15.3. The molecule has 224 valence electrons. The first-order chi connectivity index (χ1) is 20.6. The van der Waals surface area contributed by atoms with E-state index in [4.69, 9.17) is 22.1 Å². The summed E-state index contributed by atoms with van der Waals surface area (Å²) in [5.41, 5.74) is 11.4. The number of ether oxygens (including phenoxy) is 1. The van der Waals surface area contributed by atoms with Crippen LogP contribution in [0, 0.1) is 0 Å². The number of halogens is 1. The number of carbonyl (C=O) groups is 2. The smallest absolute Gasteiger partial charge is 0.255 e. The van der Waals surface area contributed by atoms with E-state index in [2.05, 4.69) is 65.2 Å². The van der Waals surface area contributed by atoms with Gasteiger partial charge in [0.25, 0.3) is 5.91 Å². The Balaban J connectivity index is 1.26. The Morgan fingerprint density at radius 3 is 2.49 bits per heavy atom. The first-order valence-electron chi connectivity index (χ1n) is 14.5. The van der Waals surface area contributed by atoms with Crippen molar-refractivity contribution in [3.63, 3.8) is 0 Å². The molecule has 0 radical (unpaired) electrons. The maximum atomic E-state index is 13.4. The van der Waals surface area contributed by atoms with Gasteiger partial charge in [-0.3, -0.25) is 9.59 Å². The lowest BCUT2D eigenvalue weighted by Gasteiger charge is -2.28. The number of amides is 2. The van der Waals surface area contributed by atoms with Gasteiger partial charge in [-0.25, -0.2) is 4.98 Å². The molecule has 3 aromatic carbocycles. The summed E-state index contributed by atoms with van der Waals surface area (Å²) in [6.07, 6.45) is 4.74. The van der Waals surface area contributed by atoms with Gasteiger partial charge < -0.3 is 25.7 Å². The van der Waals surface area contributed by atoms with Crippen LogP contribution in [0.5, 0.6) is 5.75 Å². The van der Waals surface area contributed by atoms with Gasteiger partial charge in [0.15, 0.2) is 0 Å². The summed E-state index contributed by atoms with van der Waals surface area (Å²) in [5, 5.41) is 7.03. The summed E-state index contributed by atoms with van der Waals surface area (Å²) >= 11 is 5.98. The molecule has 1 aromatic heterocycles. The van der Waals surface area contributed by atoms with Gasteiger partial charge in [0.1, 0.15) is 11.8 Å². The predicted molar refractivity (Wildman–Crippen MR) is 168 cm³/mol. The van der Waals surface area contributed by atoms with Crippen LogP contribution in [0.3, 0.4) is 0 Å². The van der Waals surface area contributed by atoms with Crippen molar-refractivity contribution < 1.29 is 14.3 Å². The quantitative estimate of drug-likeness (QED) is 0.228. The molecule has 0 fully saturated rings. The maximum absolute atomic E-state index is 13.4. The van der Waals surface area contributed by atoms with E-state index in [9.17, 15) is 9.59 Å².